The van der Waals surface area contributed by atoms with E-state index in [1.807, 2.05) is 24.3 Å². The van der Waals surface area contributed by atoms with Crippen molar-refractivity contribution in [3.63, 3.8) is 0 Å². The molecule has 0 radical (unpaired) electrons. The zero-order valence-electron chi connectivity index (χ0n) is 25.0. The van der Waals surface area contributed by atoms with Crippen LogP contribution in [-0.4, -0.2) is 91.5 Å². The molecular formula is C31H48N4O4. The number of nitrogens with zero attached hydrogens (tertiary/aromatic N) is 3. The Morgan fingerprint density at radius 2 is 1.67 bits per heavy atom. The van der Waals surface area contributed by atoms with Crippen LogP contribution >= 0.6 is 0 Å². The zero-order chi connectivity index (χ0) is 28.5. The van der Waals surface area contributed by atoms with Gasteiger partial charge in [-0.2, -0.15) is 0 Å². The highest BCUT2D eigenvalue weighted by Crippen LogP contribution is 2.42. The fourth-order valence-electron chi connectivity index (χ4n) is 6.27. The fourth-order valence-corrected chi connectivity index (χ4v) is 6.27. The average Bonchev–Trinajstić information content (AvgIpc) is 3.44. The summed E-state index contributed by atoms with van der Waals surface area (Å²) in [5, 5.41) is 3.03. The van der Waals surface area contributed by atoms with E-state index in [-0.39, 0.29) is 47.1 Å². The molecule has 3 heterocycles. The van der Waals surface area contributed by atoms with E-state index in [1.165, 1.54) is 6.42 Å². The predicted molar refractivity (Wildman–Crippen MR) is 154 cm³/mol. The third kappa shape index (κ3) is 6.83. The van der Waals surface area contributed by atoms with Crippen molar-refractivity contribution in [2.75, 3.05) is 50.8 Å². The molecule has 3 aliphatic rings. The Labute approximate surface area is 234 Å². The van der Waals surface area contributed by atoms with Gasteiger partial charge in [-0.3, -0.25) is 19.3 Å². The minimum atomic E-state index is -0.725. The standard InChI is InChI=1S/C31H48N4O4/c1-8-13-33-14-16-34(17-15-33)22-11-9-21(10-12-22)28(37)32-24(18-30(2,3)4)29(38)35-19-23(31(5,6)7)27-26(35)25(36)20-39-27/h9-12,23-24,26-27H,8,13-20H2,1-7H3,(H,32,37)/t23-,24?,26-,27-/m1/s1. The first-order valence-electron chi connectivity index (χ1n) is 14.6. The largest absolute Gasteiger partial charge is 0.369 e. The number of carbonyl (C=O) groups is 3. The molecule has 0 aliphatic carbocycles. The summed E-state index contributed by atoms with van der Waals surface area (Å²) in [5.74, 6) is -0.457. The van der Waals surface area contributed by atoms with Crippen molar-refractivity contribution >= 4 is 23.3 Å². The molecule has 2 amide bonds. The molecule has 0 aromatic heterocycles. The predicted octanol–water partition coefficient (Wildman–Crippen LogP) is 3.59. The van der Waals surface area contributed by atoms with E-state index in [1.54, 1.807) is 4.90 Å². The van der Waals surface area contributed by atoms with Gasteiger partial charge in [0.1, 0.15) is 18.7 Å². The SMILES string of the molecule is CCCN1CCN(c2ccc(C(=O)NC(CC(C)(C)C)C(=O)N3C[C@@H](C(C)(C)C)[C@H]4OCC(=O)[C@H]43)cc2)CC1. The third-order valence-corrected chi connectivity index (χ3v) is 8.41. The summed E-state index contributed by atoms with van der Waals surface area (Å²) < 4.78 is 5.88. The topological polar surface area (TPSA) is 82.2 Å². The summed E-state index contributed by atoms with van der Waals surface area (Å²) in [6.07, 6.45) is 1.35. The Hall–Kier alpha value is -2.45. The van der Waals surface area contributed by atoms with Gasteiger partial charge in [0.2, 0.25) is 5.91 Å². The molecule has 3 aliphatic heterocycles. The van der Waals surface area contributed by atoms with Gasteiger partial charge in [-0.05, 0) is 54.5 Å². The molecular weight excluding hydrogens is 492 g/mol. The molecule has 0 bridgehead atoms. The molecule has 3 fully saturated rings. The highest BCUT2D eigenvalue weighted by Gasteiger charge is 2.56. The fraction of sp³-hybridized carbons (Fsp3) is 0.710. The monoisotopic (exact) mass is 540 g/mol. The second-order valence-corrected chi connectivity index (χ2v) is 13.8. The van der Waals surface area contributed by atoms with Crippen molar-refractivity contribution in [1.29, 1.82) is 0 Å². The van der Waals surface area contributed by atoms with Crippen LogP contribution in [0.1, 0.15) is 71.7 Å². The molecule has 0 saturated carbocycles. The maximum absolute atomic E-state index is 14.0. The highest BCUT2D eigenvalue weighted by atomic mass is 16.5. The molecule has 1 aromatic rings. The number of likely N-dealkylation sites (tertiary alicyclic amines) is 1. The first kappa shape index (κ1) is 29.5. The lowest BCUT2D eigenvalue weighted by Crippen LogP contribution is -2.53. The van der Waals surface area contributed by atoms with Crippen molar-refractivity contribution in [3.8, 4) is 0 Å². The summed E-state index contributed by atoms with van der Waals surface area (Å²) in [5.41, 5.74) is 1.33. The molecule has 4 rings (SSSR count). The Balaban J connectivity index is 1.47. The van der Waals surface area contributed by atoms with E-state index < -0.39 is 12.1 Å². The molecule has 8 heteroatoms. The minimum absolute atomic E-state index is 0.0436. The number of ether oxygens (including phenoxy) is 1. The Kier molecular flexibility index (Phi) is 8.76. The summed E-state index contributed by atoms with van der Waals surface area (Å²) in [6, 6.07) is 6.39. The van der Waals surface area contributed by atoms with Gasteiger partial charge in [0.25, 0.3) is 5.91 Å². The maximum atomic E-state index is 14.0. The molecule has 8 nitrogen and oxygen atoms in total. The summed E-state index contributed by atoms with van der Waals surface area (Å²) in [4.78, 5) is 46.7. The Morgan fingerprint density at radius 1 is 1.03 bits per heavy atom. The normalized spacial score (nSPS) is 25.1. The first-order valence-corrected chi connectivity index (χ1v) is 14.6. The van der Waals surface area contributed by atoms with Gasteiger partial charge >= 0.3 is 0 Å². The van der Waals surface area contributed by atoms with Crippen LogP contribution in [0.2, 0.25) is 0 Å². The van der Waals surface area contributed by atoms with Crippen LogP contribution in [0.5, 0.6) is 0 Å². The molecule has 0 spiro atoms. The number of hydrogen-bond acceptors (Lipinski definition) is 6. The van der Waals surface area contributed by atoms with E-state index in [0.717, 1.165) is 38.4 Å². The van der Waals surface area contributed by atoms with Crippen molar-refractivity contribution < 1.29 is 19.1 Å². The number of anilines is 1. The van der Waals surface area contributed by atoms with E-state index in [9.17, 15) is 14.4 Å². The zero-order valence-corrected chi connectivity index (χ0v) is 25.0. The van der Waals surface area contributed by atoms with Crippen molar-refractivity contribution in [1.82, 2.24) is 15.1 Å². The van der Waals surface area contributed by atoms with Crippen LogP contribution in [0, 0.1) is 16.7 Å². The van der Waals surface area contributed by atoms with E-state index in [4.69, 9.17) is 4.74 Å². The van der Waals surface area contributed by atoms with Gasteiger partial charge in [-0.1, -0.05) is 48.5 Å². The van der Waals surface area contributed by atoms with Crippen LogP contribution in [0.3, 0.4) is 0 Å². The highest BCUT2D eigenvalue weighted by molar-refractivity contribution is 5.99. The number of fused-ring (bicyclic) bond motifs is 1. The quantitative estimate of drug-likeness (QED) is 0.569. The molecule has 39 heavy (non-hydrogen) atoms. The lowest BCUT2D eigenvalue weighted by Gasteiger charge is -2.36. The van der Waals surface area contributed by atoms with Crippen LogP contribution < -0.4 is 10.2 Å². The number of carbonyl (C=O) groups excluding carboxylic acids is 3. The van der Waals surface area contributed by atoms with Gasteiger partial charge in [-0.25, -0.2) is 0 Å². The Morgan fingerprint density at radius 3 is 2.23 bits per heavy atom. The summed E-state index contributed by atoms with van der Waals surface area (Å²) >= 11 is 0. The number of nitrogens with one attached hydrogen (secondary N) is 1. The molecule has 1 N–H and O–H groups in total. The Bertz CT molecular complexity index is 1030. The summed E-state index contributed by atoms with van der Waals surface area (Å²) in [6.45, 7) is 20.4. The minimum Gasteiger partial charge on any atom is -0.369 e. The second-order valence-electron chi connectivity index (χ2n) is 13.8. The number of hydrogen-bond donors (Lipinski definition) is 1. The molecule has 3 saturated heterocycles. The molecule has 4 atom stereocenters. The number of piperazine rings is 1. The van der Waals surface area contributed by atoms with Crippen LogP contribution in [0.4, 0.5) is 5.69 Å². The summed E-state index contributed by atoms with van der Waals surface area (Å²) in [7, 11) is 0. The number of Topliss-reactive ketones (excluding diaryl/α,β-unsaturated/α-hetero) is 1. The number of benzene rings is 1. The molecule has 216 valence electrons. The lowest BCUT2D eigenvalue weighted by atomic mass is 9.78. The van der Waals surface area contributed by atoms with Crippen LogP contribution in [0.25, 0.3) is 0 Å². The van der Waals surface area contributed by atoms with Gasteiger partial charge < -0.3 is 19.9 Å². The van der Waals surface area contributed by atoms with Crippen molar-refractivity contribution in [2.24, 2.45) is 16.7 Å². The molecule has 1 unspecified atom stereocenters. The van der Waals surface area contributed by atoms with E-state index in [0.29, 0.717) is 18.5 Å². The van der Waals surface area contributed by atoms with Crippen LogP contribution in [0.15, 0.2) is 24.3 Å². The van der Waals surface area contributed by atoms with E-state index in [2.05, 4.69) is 63.6 Å². The third-order valence-electron chi connectivity index (χ3n) is 8.41. The second kappa shape index (κ2) is 11.6. The van der Waals surface area contributed by atoms with Gasteiger partial charge in [0.05, 0.1) is 6.10 Å². The van der Waals surface area contributed by atoms with Crippen molar-refractivity contribution in [3.05, 3.63) is 29.8 Å². The number of amides is 2. The average molecular weight is 541 g/mol. The van der Waals surface area contributed by atoms with Crippen molar-refractivity contribution in [2.45, 2.75) is 79.5 Å². The number of rotatable bonds is 7. The smallest absolute Gasteiger partial charge is 0.251 e. The van der Waals surface area contributed by atoms with Gasteiger partial charge in [0.15, 0.2) is 5.78 Å². The van der Waals surface area contributed by atoms with E-state index >= 15 is 0 Å². The maximum Gasteiger partial charge on any atom is 0.251 e. The van der Waals surface area contributed by atoms with Crippen LogP contribution in [-0.2, 0) is 14.3 Å². The lowest BCUT2D eigenvalue weighted by molar-refractivity contribution is -0.138. The molecule has 1 aromatic carbocycles. The van der Waals surface area contributed by atoms with Gasteiger partial charge in [-0.15, -0.1) is 0 Å². The van der Waals surface area contributed by atoms with Gasteiger partial charge in [0, 0.05) is 49.9 Å². The number of ketones is 1. The first-order chi connectivity index (χ1) is 18.3.